The summed E-state index contributed by atoms with van der Waals surface area (Å²) >= 11 is 0. The molecule has 0 saturated heterocycles. The predicted octanol–water partition coefficient (Wildman–Crippen LogP) is 3.42. The van der Waals surface area contributed by atoms with Gasteiger partial charge in [-0.05, 0) is 29.3 Å². The van der Waals surface area contributed by atoms with Crippen LogP contribution in [-0.4, -0.2) is 23.8 Å². The van der Waals surface area contributed by atoms with E-state index in [1.54, 1.807) is 30.5 Å². The van der Waals surface area contributed by atoms with E-state index in [1.807, 2.05) is 49.4 Å². The van der Waals surface area contributed by atoms with Gasteiger partial charge in [0, 0.05) is 5.56 Å². The largest absolute Gasteiger partial charge is 0.493 e. The van der Waals surface area contributed by atoms with E-state index in [0.29, 0.717) is 17.9 Å². The highest BCUT2D eigenvalue weighted by molar-refractivity contribution is 6.02. The van der Waals surface area contributed by atoms with Crippen molar-refractivity contribution < 1.29 is 14.6 Å². The zero-order valence-electron chi connectivity index (χ0n) is 14.4. The van der Waals surface area contributed by atoms with Crippen molar-refractivity contribution in [3.63, 3.8) is 0 Å². The molecular formula is C21H20N2O3. The van der Waals surface area contributed by atoms with Crippen molar-refractivity contribution in [2.24, 2.45) is 5.10 Å². The number of nitrogens with zero attached hydrogens (tertiary/aromatic N) is 1. The third-order valence-electron chi connectivity index (χ3n) is 3.96. The molecule has 0 aromatic heterocycles. The van der Waals surface area contributed by atoms with Crippen molar-refractivity contribution in [3.05, 3.63) is 77.9 Å². The summed E-state index contributed by atoms with van der Waals surface area (Å²) in [6.07, 6.45) is 0.273. The van der Waals surface area contributed by atoms with Crippen LogP contribution in [0.2, 0.25) is 0 Å². The number of aliphatic hydroxyl groups is 1. The number of ether oxygens (including phenoxy) is 1. The Kier molecular flexibility index (Phi) is 5.61. The zero-order chi connectivity index (χ0) is 18.4. The first-order valence-electron chi connectivity index (χ1n) is 8.41. The first-order chi connectivity index (χ1) is 12.7. The van der Waals surface area contributed by atoms with Crippen molar-refractivity contribution >= 4 is 22.9 Å². The molecule has 0 radical (unpaired) electrons. The van der Waals surface area contributed by atoms with Crippen molar-refractivity contribution in [1.82, 2.24) is 5.43 Å². The molecule has 0 fully saturated rings. The molecule has 26 heavy (non-hydrogen) atoms. The van der Waals surface area contributed by atoms with Crippen LogP contribution in [-0.2, 0) is 4.79 Å². The van der Waals surface area contributed by atoms with E-state index < -0.39 is 12.0 Å². The number of benzene rings is 3. The molecule has 0 aliphatic heterocycles. The zero-order valence-corrected chi connectivity index (χ0v) is 14.4. The highest BCUT2D eigenvalue weighted by atomic mass is 16.5. The summed E-state index contributed by atoms with van der Waals surface area (Å²) in [4.78, 5) is 12.1. The Morgan fingerprint density at radius 1 is 1.12 bits per heavy atom. The topological polar surface area (TPSA) is 70.9 Å². The number of hydrogen-bond acceptors (Lipinski definition) is 4. The Morgan fingerprint density at radius 2 is 1.85 bits per heavy atom. The highest BCUT2D eigenvalue weighted by Crippen LogP contribution is 2.26. The number of hydrazone groups is 1. The third-order valence-corrected chi connectivity index (χ3v) is 3.96. The molecule has 1 amide bonds. The SMILES string of the molecule is CCOc1ccc2ccccc2c1/C=N\NC(=O)[C@@H](O)c1ccccc1. The number of amides is 1. The number of nitrogens with one attached hydrogen (secondary N) is 1. The van der Waals surface area contributed by atoms with Crippen molar-refractivity contribution in [1.29, 1.82) is 0 Å². The molecule has 5 heteroatoms. The number of aliphatic hydroxyl groups excluding tert-OH is 1. The molecule has 0 bridgehead atoms. The Bertz CT molecular complexity index is 923. The van der Waals surface area contributed by atoms with E-state index in [2.05, 4.69) is 10.5 Å². The van der Waals surface area contributed by atoms with Crippen LogP contribution >= 0.6 is 0 Å². The van der Waals surface area contributed by atoms with Gasteiger partial charge in [0.05, 0.1) is 12.8 Å². The maximum absolute atomic E-state index is 12.1. The van der Waals surface area contributed by atoms with Crippen LogP contribution in [0.1, 0.15) is 24.2 Å². The van der Waals surface area contributed by atoms with Gasteiger partial charge < -0.3 is 9.84 Å². The summed E-state index contributed by atoms with van der Waals surface area (Å²) < 4.78 is 5.67. The number of rotatable bonds is 6. The first-order valence-corrected chi connectivity index (χ1v) is 8.41. The van der Waals surface area contributed by atoms with E-state index in [1.165, 1.54) is 0 Å². The molecule has 0 heterocycles. The van der Waals surface area contributed by atoms with E-state index in [0.717, 1.165) is 16.3 Å². The Morgan fingerprint density at radius 3 is 2.62 bits per heavy atom. The van der Waals surface area contributed by atoms with E-state index in [-0.39, 0.29) is 0 Å². The maximum atomic E-state index is 12.1. The van der Waals surface area contributed by atoms with Gasteiger partial charge in [0.2, 0.25) is 0 Å². The minimum Gasteiger partial charge on any atom is -0.493 e. The number of carbonyl (C=O) groups is 1. The average molecular weight is 348 g/mol. The van der Waals surface area contributed by atoms with Crippen LogP contribution in [0, 0.1) is 0 Å². The maximum Gasteiger partial charge on any atom is 0.273 e. The smallest absolute Gasteiger partial charge is 0.273 e. The van der Waals surface area contributed by atoms with Crippen molar-refractivity contribution in [2.75, 3.05) is 6.61 Å². The molecule has 0 aliphatic carbocycles. The van der Waals surface area contributed by atoms with Gasteiger partial charge in [-0.2, -0.15) is 5.10 Å². The minimum absolute atomic E-state index is 0.514. The van der Waals surface area contributed by atoms with Gasteiger partial charge in [0.15, 0.2) is 6.10 Å². The second-order valence-electron chi connectivity index (χ2n) is 5.68. The average Bonchev–Trinajstić information content (AvgIpc) is 2.69. The second kappa shape index (κ2) is 8.27. The van der Waals surface area contributed by atoms with Gasteiger partial charge in [-0.1, -0.05) is 60.7 Å². The molecule has 5 nitrogen and oxygen atoms in total. The lowest BCUT2D eigenvalue weighted by atomic mass is 10.0. The summed E-state index contributed by atoms with van der Waals surface area (Å²) in [6.45, 7) is 2.44. The Hall–Kier alpha value is -3.18. The van der Waals surface area contributed by atoms with Crippen LogP contribution < -0.4 is 10.2 Å². The van der Waals surface area contributed by atoms with Gasteiger partial charge in [0.1, 0.15) is 5.75 Å². The van der Waals surface area contributed by atoms with E-state index >= 15 is 0 Å². The standard InChI is InChI=1S/C21H20N2O3/c1-2-26-19-13-12-15-8-6-7-11-17(15)18(19)14-22-23-21(25)20(24)16-9-4-3-5-10-16/h3-14,20,24H,2H2,1H3,(H,23,25)/b22-14-/t20-/m0/s1. The van der Waals surface area contributed by atoms with Crippen molar-refractivity contribution in [3.8, 4) is 5.75 Å². The van der Waals surface area contributed by atoms with Crippen LogP contribution in [0.4, 0.5) is 0 Å². The van der Waals surface area contributed by atoms with Gasteiger partial charge in [-0.25, -0.2) is 5.43 Å². The normalized spacial score (nSPS) is 12.2. The number of carbonyl (C=O) groups excluding carboxylic acids is 1. The highest BCUT2D eigenvalue weighted by Gasteiger charge is 2.16. The Balaban J connectivity index is 1.81. The fourth-order valence-corrected chi connectivity index (χ4v) is 2.70. The molecule has 0 unspecified atom stereocenters. The monoisotopic (exact) mass is 348 g/mol. The third kappa shape index (κ3) is 3.90. The van der Waals surface area contributed by atoms with E-state index in [9.17, 15) is 9.90 Å². The molecular weight excluding hydrogens is 328 g/mol. The van der Waals surface area contributed by atoms with Crippen LogP contribution in [0.15, 0.2) is 71.8 Å². The summed E-state index contributed by atoms with van der Waals surface area (Å²) in [5, 5.41) is 16.1. The lowest BCUT2D eigenvalue weighted by molar-refractivity contribution is -0.129. The molecule has 3 aromatic carbocycles. The molecule has 0 spiro atoms. The van der Waals surface area contributed by atoms with Gasteiger partial charge >= 0.3 is 0 Å². The molecule has 132 valence electrons. The predicted molar refractivity (Wildman–Crippen MR) is 102 cm³/mol. The number of fused-ring (bicyclic) bond motifs is 1. The molecule has 3 aromatic rings. The lowest BCUT2D eigenvalue weighted by Crippen LogP contribution is -2.25. The first kappa shape index (κ1) is 17.6. The van der Waals surface area contributed by atoms with Gasteiger partial charge in [-0.15, -0.1) is 0 Å². The molecule has 1 atom stereocenters. The van der Waals surface area contributed by atoms with Crippen LogP contribution in [0.5, 0.6) is 5.75 Å². The van der Waals surface area contributed by atoms with Crippen molar-refractivity contribution in [2.45, 2.75) is 13.0 Å². The molecule has 3 rings (SSSR count). The minimum atomic E-state index is -1.27. The van der Waals surface area contributed by atoms with Crippen LogP contribution in [0.25, 0.3) is 10.8 Å². The summed E-state index contributed by atoms with van der Waals surface area (Å²) in [7, 11) is 0. The second-order valence-corrected chi connectivity index (χ2v) is 5.68. The lowest BCUT2D eigenvalue weighted by Gasteiger charge is -2.11. The Labute approximate surface area is 151 Å². The summed E-state index contributed by atoms with van der Waals surface area (Å²) in [5.74, 6) is 0.0958. The van der Waals surface area contributed by atoms with E-state index in [4.69, 9.17) is 4.74 Å². The molecule has 0 aliphatic rings. The fourth-order valence-electron chi connectivity index (χ4n) is 2.70. The fraction of sp³-hybridized carbons (Fsp3) is 0.143. The summed E-state index contributed by atoms with van der Waals surface area (Å²) in [6, 6.07) is 20.5. The van der Waals surface area contributed by atoms with Gasteiger partial charge in [0.25, 0.3) is 5.91 Å². The summed E-state index contributed by atoms with van der Waals surface area (Å²) in [5.41, 5.74) is 3.68. The van der Waals surface area contributed by atoms with Crippen LogP contribution in [0.3, 0.4) is 0 Å². The molecule has 2 N–H and O–H groups in total. The number of hydrogen-bond donors (Lipinski definition) is 2. The quantitative estimate of drug-likeness (QED) is 0.530. The van der Waals surface area contributed by atoms with Gasteiger partial charge in [-0.3, -0.25) is 4.79 Å². The molecule has 0 saturated carbocycles.